The molecule has 2 saturated carbocycles. The molecule has 0 unspecified atom stereocenters. The lowest BCUT2D eigenvalue weighted by Crippen LogP contribution is -2.41. The van der Waals surface area contributed by atoms with Crippen molar-refractivity contribution in [1.29, 1.82) is 0 Å². The number of aliphatic imine (C=N–C) groups is 1. The van der Waals surface area contributed by atoms with Crippen LogP contribution < -0.4 is 4.74 Å². The molecule has 1 aliphatic heterocycles. The summed E-state index contributed by atoms with van der Waals surface area (Å²) in [6.45, 7) is 0.256. The largest absolute Gasteiger partial charge is 0.488 e. The second-order valence-electron chi connectivity index (χ2n) is 10.3. The maximum atomic E-state index is 13.6. The number of halogens is 1. The Kier molecular flexibility index (Phi) is 8.89. The summed E-state index contributed by atoms with van der Waals surface area (Å²) in [4.78, 5) is 32.7. The van der Waals surface area contributed by atoms with E-state index in [1.165, 1.54) is 50.3 Å². The van der Waals surface area contributed by atoms with Gasteiger partial charge in [-0.05, 0) is 94.8 Å². The highest BCUT2D eigenvalue weighted by molar-refractivity contribution is 9.10. The van der Waals surface area contributed by atoms with E-state index >= 15 is 0 Å². The van der Waals surface area contributed by atoms with Crippen LogP contribution in [0.25, 0.3) is 6.08 Å². The fourth-order valence-electron chi connectivity index (χ4n) is 5.43. The average molecular weight is 598 g/mol. The molecule has 0 radical (unpaired) electrons. The SMILES string of the molecule is O=C(O)c1cccc(COc2ccc(C=C3SC(=NC4CCCCC4)N(C4CCCCC4)C3=O)cc2Br)c1. The molecule has 0 spiro atoms. The molecule has 3 aliphatic rings. The van der Waals surface area contributed by atoms with Crippen LogP contribution in [0.3, 0.4) is 0 Å². The van der Waals surface area contributed by atoms with Crippen LogP contribution in [0, 0.1) is 0 Å². The third kappa shape index (κ3) is 6.52. The van der Waals surface area contributed by atoms with E-state index in [2.05, 4.69) is 15.9 Å². The number of carbonyl (C=O) groups is 2. The molecule has 2 aromatic rings. The van der Waals surface area contributed by atoms with Crippen molar-refractivity contribution >= 4 is 50.8 Å². The van der Waals surface area contributed by atoms with Crippen LogP contribution in [-0.2, 0) is 11.4 Å². The van der Waals surface area contributed by atoms with E-state index in [0.717, 1.165) is 51.4 Å². The van der Waals surface area contributed by atoms with Gasteiger partial charge in [-0.1, -0.05) is 56.7 Å². The molecular weight excluding hydrogens is 564 g/mol. The number of amidine groups is 1. The third-order valence-electron chi connectivity index (χ3n) is 7.47. The summed E-state index contributed by atoms with van der Waals surface area (Å²) in [5.41, 5.74) is 1.93. The number of carboxylic acids is 1. The van der Waals surface area contributed by atoms with E-state index in [1.807, 2.05) is 35.2 Å². The zero-order chi connectivity index (χ0) is 26.5. The quantitative estimate of drug-likeness (QED) is 0.332. The number of amides is 1. The Hall–Kier alpha value is -2.58. The van der Waals surface area contributed by atoms with Crippen molar-refractivity contribution in [2.75, 3.05) is 0 Å². The fraction of sp³-hybridized carbons (Fsp3) is 0.433. The van der Waals surface area contributed by atoms with Gasteiger partial charge >= 0.3 is 5.97 Å². The predicted molar refractivity (Wildman–Crippen MR) is 155 cm³/mol. The van der Waals surface area contributed by atoms with E-state index < -0.39 is 5.97 Å². The van der Waals surface area contributed by atoms with Gasteiger partial charge in [0.05, 0.1) is 21.0 Å². The zero-order valence-corrected chi connectivity index (χ0v) is 23.8. The number of benzene rings is 2. The number of aromatic carboxylic acids is 1. The average Bonchev–Trinajstić information content (AvgIpc) is 3.23. The molecule has 0 aromatic heterocycles. The molecule has 1 heterocycles. The highest BCUT2D eigenvalue weighted by Gasteiger charge is 2.39. The maximum absolute atomic E-state index is 13.6. The van der Waals surface area contributed by atoms with E-state index in [-0.39, 0.29) is 24.1 Å². The Morgan fingerprint density at radius 3 is 2.50 bits per heavy atom. The predicted octanol–water partition coefficient (Wildman–Crippen LogP) is 7.66. The molecular formula is C30H33BrN2O4S. The molecule has 200 valence electrons. The van der Waals surface area contributed by atoms with Crippen molar-refractivity contribution in [3.63, 3.8) is 0 Å². The summed E-state index contributed by atoms with van der Waals surface area (Å²) < 4.78 is 6.72. The first-order chi connectivity index (χ1) is 18.5. The Labute approximate surface area is 236 Å². The van der Waals surface area contributed by atoms with Gasteiger partial charge in [-0.2, -0.15) is 0 Å². The first-order valence-corrected chi connectivity index (χ1v) is 15.1. The summed E-state index contributed by atoms with van der Waals surface area (Å²) in [6.07, 6.45) is 13.6. The van der Waals surface area contributed by atoms with Crippen molar-refractivity contribution in [3.8, 4) is 5.75 Å². The van der Waals surface area contributed by atoms with E-state index in [9.17, 15) is 14.7 Å². The summed E-state index contributed by atoms with van der Waals surface area (Å²) in [5, 5.41) is 10.1. The van der Waals surface area contributed by atoms with Crippen molar-refractivity contribution in [2.45, 2.75) is 82.9 Å². The van der Waals surface area contributed by atoms with Gasteiger partial charge in [-0.25, -0.2) is 4.79 Å². The zero-order valence-electron chi connectivity index (χ0n) is 21.4. The van der Waals surface area contributed by atoms with Crippen LogP contribution in [0.15, 0.2) is 56.8 Å². The number of thioether (sulfide) groups is 1. The smallest absolute Gasteiger partial charge is 0.335 e. The second-order valence-corrected chi connectivity index (χ2v) is 12.1. The van der Waals surface area contributed by atoms with Gasteiger partial charge in [0.25, 0.3) is 5.91 Å². The van der Waals surface area contributed by atoms with E-state index in [0.29, 0.717) is 11.8 Å². The van der Waals surface area contributed by atoms with E-state index in [4.69, 9.17) is 9.73 Å². The normalized spacial score (nSPS) is 21.4. The van der Waals surface area contributed by atoms with Gasteiger partial charge in [0.15, 0.2) is 5.17 Å². The van der Waals surface area contributed by atoms with Crippen LogP contribution >= 0.6 is 27.7 Å². The van der Waals surface area contributed by atoms with Crippen LogP contribution in [0.4, 0.5) is 0 Å². The third-order valence-corrected chi connectivity index (χ3v) is 9.08. The van der Waals surface area contributed by atoms with Crippen molar-refractivity contribution in [1.82, 2.24) is 4.90 Å². The van der Waals surface area contributed by atoms with Crippen LogP contribution in [0.5, 0.6) is 5.75 Å². The molecule has 0 bridgehead atoms. The Balaban J connectivity index is 1.32. The summed E-state index contributed by atoms with van der Waals surface area (Å²) in [6, 6.07) is 13.1. The highest BCUT2D eigenvalue weighted by atomic mass is 79.9. The van der Waals surface area contributed by atoms with Gasteiger partial charge in [0.2, 0.25) is 0 Å². The number of carbonyl (C=O) groups excluding carboxylic acids is 1. The molecule has 38 heavy (non-hydrogen) atoms. The van der Waals surface area contributed by atoms with Gasteiger partial charge in [-0.15, -0.1) is 0 Å². The lowest BCUT2D eigenvalue weighted by molar-refractivity contribution is -0.124. The summed E-state index contributed by atoms with van der Waals surface area (Å²) >= 11 is 5.12. The summed E-state index contributed by atoms with van der Waals surface area (Å²) in [7, 11) is 0. The first kappa shape index (κ1) is 27.0. The lowest BCUT2D eigenvalue weighted by atomic mass is 9.94. The Bertz CT molecular complexity index is 1250. The lowest BCUT2D eigenvalue weighted by Gasteiger charge is -2.31. The Morgan fingerprint density at radius 2 is 1.79 bits per heavy atom. The minimum atomic E-state index is -0.959. The summed E-state index contributed by atoms with van der Waals surface area (Å²) in [5.74, 6) is -0.230. The topological polar surface area (TPSA) is 79.2 Å². The molecule has 8 heteroatoms. The van der Waals surface area contributed by atoms with E-state index in [1.54, 1.807) is 18.2 Å². The highest BCUT2D eigenvalue weighted by Crippen LogP contribution is 2.39. The number of hydrogen-bond donors (Lipinski definition) is 1. The van der Waals surface area contributed by atoms with Gasteiger partial charge in [-0.3, -0.25) is 14.7 Å². The van der Waals surface area contributed by atoms with Crippen molar-refractivity contribution in [3.05, 3.63) is 68.5 Å². The van der Waals surface area contributed by atoms with Crippen LogP contribution in [0.1, 0.15) is 85.7 Å². The van der Waals surface area contributed by atoms with Gasteiger partial charge in [0.1, 0.15) is 12.4 Å². The number of ether oxygens (including phenoxy) is 1. The molecule has 2 aromatic carbocycles. The monoisotopic (exact) mass is 596 g/mol. The molecule has 1 saturated heterocycles. The van der Waals surface area contributed by atoms with Gasteiger partial charge in [0, 0.05) is 6.04 Å². The van der Waals surface area contributed by atoms with Crippen molar-refractivity contribution < 1.29 is 19.4 Å². The first-order valence-electron chi connectivity index (χ1n) is 13.5. The minimum Gasteiger partial charge on any atom is -0.488 e. The number of nitrogens with zero attached hydrogens (tertiary/aromatic N) is 2. The molecule has 5 rings (SSSR count). The second kappa shape index (κ2) is 12.5. The molecule has 2 aliphatic carbocycles. The number of carboxylic acid groups (broad SMARTS) is 1. The maximum Gasteiger partial charge on any atom is 0.335 e. The number of rotatable bonds is 7. The molecule has 3 fully saturated rings. The molecule has 6 nitrogen and oxygen atoms in total. The fourth-order valence-corrected chi connectivity index (χ4v) is 7.06. The van der Waals surface area contributed by atoms with Crippen LogP contribution in [-0.4, -0.2) is 39.1 Å². The minimum absolute atomic E-state index is 0.0752. The van der Waals surface area contributed by atoms with Crippen LogP contribution in [0.2, 0.25) is 0 Å². The van der Waals surface area contributed by atoms with Crippen molar-refractivity contribution in [2.24, 2.45) is 4.99 Å². The van der Waals surface area contributed by atoms with Gasteiger partial charge < -0.3 is 9.84 Å². The number of hydrogen-bond acceptors (Lipinski definition) is 5. The molecule has 1 amide bonds. The Morgan fingerprint density at radius 1 is 1.05 bits per heavy atom. The molecule has 1 N–H and O–H groups in total. The molecule has 0 atom stereocenters. The standard InChI is InChI=1S/C30H33BrN2O4S/c31-25-17-20(14-15-26(25)37-19-21-8-7-9-22(16-21)29(35)36)18-27-28(34)33(24-12-5-2-6-13-24)30(38-27)32-23-10-3-1-4-11-23/h7-9,14-18,23-24H,1-6,10-13,19H2,(H,35,36).